The van der Waals surface area contributed by atoms with E-state index in [1.165, 1.54) is 0 Å². The summed E-state index contributed by atoms with van der Waals surface area (Å²) < 4.78 is 1.77. The Bertz CT molecular complexity index is 550. The van der Waals surface area contributed by atoms with Crippen LogP contribution < -0.4 is 10.6 Å². The van der Waals surface area contributed by atoms with Gasteiger partial charge in [-0.3, -0.25) is 9.48 Å². The maximum absolute atomic E-state index is 12.0. The Labute approximate surface area is 111 Å². The summed E-state index contributed by atoms with van der Waals surface area (Å²) in [5.41, 5.74) is 1.42. The van der Waals surface area contributed by atoms with Gasteiger partial charge in [0.2, 0.25) is 0 Å². The van der Waals surface area contributed by atoms with Gasteiger partial charge < -0.3 is 10.6 Å². The molecule has 6 heteroatoms. The Balaban J connectivity index is 1.94. The molecule has 1 amide bonds. The molecule has 0 saturated heterocycles. The van der Waals surface area contributed by atoms with E-state index in [1.807, 2.05) is 19.2 Å². The van der Waals surface area contributed by atoms with Gasteiger partial charge in [0.05, 0.1) is 6.54 Å². The van der Waals surface area contributed by atoms with Crippen molar-refractivity contribution in [1.82, 2.24) is 20.1 Å². The molecule has 2 heterocycles. The zero-order chi connectivity index (χ0) is 13.7. The first kappa shape index (κ1) is 13.1. The zero-order valence-electron chi connectivity index (χ0n) is 11.1. The van der Waals surface area contributed by atoms with E-state index in [4.69, 9.17) is 0 Å². The molecule has 0 saturated carbocycles. The van der Waals surface area contributed by atoms with E-state index in [9.17, 15) is 4.79 Å². The van der Waals surface area contributed by atoms with Crippen LogP contribution in [0.1, 0.15) is 16.1 Å². The summed E-state index contributed by atoms with van der Waals surface area (Å²) in [5, 5.41) is 9.87. The molecular weight excluding hydrogens is 242 g/mol. The van der Waals surface area contributed by atoms with Crippen LogP contribution in [0.4, 0.5) is 5.82 Å². The van der Waals surface area contributed by atoms with Crippen LogP contribution in [-0.2, 0) is 6.54 Å². The quantitative estimate of drug-likeness (QED) is 0.842. The van der Waals surface area contributed by atoms with E-state index >= 15 is 0 Å². The molecule has 2 N–H and O–H groups in total. The first-order valence-corrected chi connectivity index (χ1v) is 6.11. The Morgan fingerprint density at radius 2 is 2.26 bits per heavy atom. The fraction of sp³-hybridized carbons (Fsp3) is 0.308. The van der Waals surface area contributed by atoms with Crippen molar-refractivity contribution in [2.24, 2.45) is 0 Å². The van der Waals surface area contributed by atoms with Gasteiger partial charge in [-0.2, -0.15) is 5.10 Å². The van der Waals surface area contributed by atoms with Crippen LogP contribution in [0.25, 0.3) is 0 Å². The molecule has 2 aromatic heterocycles. The van der Waals surface area contributed by atoms with Crippen LogP contribution in [0.5, 0.6) is 0 Å². The van der Waals surface area contributed by atoms with Crippen molar-refractivity contribution in [3.05, 3.63) is 41.9 Å². The SMILES string of the molecule is CNc1cc(C(=O)NCCn2cccn2)cc(C)n1. The number of hydrogen-bond donors (Lipinski definition) is 2. The maximum Gasteiger partial charge on any atom is 0.251 e. The van der Waals surface area contributed by atoms with Gasteiger partial charge in [0.25, 0.3) is 5.91 Å². The number of rotatable bonds is 5. The summed E-state index contributed by atoms with van der Waals surface area (Å²) in [6.45, 7) is 3.06. The Hall–Kier alpha value is -2.37. The van der Waals surface area contributed by atoms with E-state index in [-0.39, 0.29) is 5.91 Å². The lowest BCUT2D eigenvalue weighted by molar-refractivity contribution is 0.0952. The van der Waals surface area contributed by atoms with Crippen LogP contribution >= 0.6 is 0 Å². The third-order valence-electron chi connectivity index (χ3n) is 2.66. The molecule has 0 aromatic carbocycles. The van der Waals surface area contributed by atoms with E-state index < -0.39 is 0 Å². The van der Waals surface area contributed by atoms with Crippen molar-refractivity contribution in [1.29, 1.82) is 0 Å². The van der Waals surface area contributed by atoms with Crippen LogP contribution in [0.15, 0.2) is 30.6 Å². The number of pyridine rings is 1. The number of hydrogen-bond acceptors (Lipinski definition) is 4. The monoisotopic (exact) mass is 259 g/mol. The standard InChI is InChI=1S/C13H17N5O/c1-10-8-11(9-12(14-2)17-10)13(19)15-5-7-18-6-3-4-16-18/h3-4,6,8-9H,5,7H2,1-2H3,(H,14,17)(H,15,19). The van der Waals surface area contributed by atoms with Crippen LogP contribution in [0.3, 0.4) is 0 Å². The first-order chi connectivity index (χ1) is 9.19. The van der Waals surface area contributed by atoms with Gasteiger partial charge in [0.15, 0.2) is 0 Å². The van der Waals surface area contributed by atoms with Gasteiger partial charge >= 0.3 is 0 Å². The van der Waals surface area contributed by atoms with E-state index in [1.54, 1.807) is 30.1 Å². The Morgan fingerprint density at radius 1 is 1.42 bits per heavy atom. The molecule has 0 aliphatic heterocycles. The van der Waals surface area contributed by atoms with Crippen LogP contribution in [-0.4, -0.2) is 34.3 Å². The van der Waals surface area contributed by atoms with Crippen molar-refractivity contribution in [3.8, 4) is 0 Å². The molecule has 2 rings (SSSR count). The van der Waals surface area contributed by atoms with Crippen molar-refractivity contribution < 1.29 is 4.79 Å². The van der Waals surface area contributed by atoms with Gasteiger partial charge in [0.1, 0.15) is 5.82 Å². The van der Waals surface area contributed by atoms with Crippen molar-refractivity contribution in [3.63, 3.8) is 0 Å². The summed E-state index contributed by atoms with van der Waals surface area (Å²) in [5.74, 6) is 0.589. The molecule has 0 fully saturated rings. The van der Waals surface area contributed by atoms with E-state index in [0.717, 1.165) is 5.69 Å². The summed E-state index contributed by atoms with van der Waals surface area (Å²) in [4.78, 5) is 16.2. The summed E-state index contributed by atoms with van der Waals surface area (Å²) in [6.07, 6.45) is 3.58. The second-order valence-corrected chi connectivity index (χ2v) is 4.16. The summed E-state index contributed by atoms with van der Waals surface area (Å²) in [6, 6.07) is 5.35. The van der Waals surface area contributed by atoms with Gasteiger partial charge in [-0.1, -0.05) is 0 Å². The molecule has 0 aliphatic rings. The average Bonchev–Trinajstić information content (AvgIpc) is 2.91. The average molecular weight is 259 g/mol. The highest BCUT2D eigenvalue weighted by Crippen LogP contribution is 2.09. The van der Waals surface area contributed by atoms with Crippen molar-refractivity contribution >= 4 is 11.7 Å². The zero-order valence-corrected chi connectivity index (χ0v) is 11.1. The lowest BCUT2D eigenvalue weighted by atomic mass is 10.2. The number of aryl methyl sites for hydroxylation is 1. The minimum absolute atomic E-state index is 0.103. The normalized spacial score (nSPS) is 10.2. The Kier molecular flexibility index (Phi) is 4.12. The molecule has 0 atom stereocenters. The molecule has 100 valence electrons. The molecule has 0 radical (unpaired) electrons. The van der Waals surface area contributed by atoms with Crippen LogP contribution in [0.2, 0.25) is 0 Å². The predicted octanol–water partition coefficient (Wildman–Crippen LogP) is 1.06. The van der Waals surface area contributed by atoms with Gasteiger partial charge in [-0.25, -0.2) is 4.98 Å². The predicted molar refractivity (Wildman–Crippen MR) is 73.1 cm³/mol. The lowest BCUT2D eigenvalue weighted by Gasteiger charge is -2.08. The summed E-state index contributed by atoms with van der Waals surface area (Å²) >= 11 is 0. The van der Waals surface area contributed by atoms with E-state index in [2.05, 4.69) is 20.7 Å². The highest BCUT2D eigenvalue weighted by atomic mass is 16.1. The van der Waals surface area contributed by atoms with Crippen molar-refractivity contribution in [2.75, 3.05) is 18.9 Å². The van der Waals surface area contributed by atoms with Gasteiger partial charge in [0, 0.05) is 37.2 Å². The third kappa shape index (κ3) is 3.54. The lowest BCUT2D eigenvalue weighted by Crippen LogP contribution is -2.27. The molecule has 0 aliphatic carbocycles. The second-order valence-electron chi connectivity index (χ2n) is 4.16. The molecule has 2 aromatic rings. The molecule has 19 heavy (non-hydrogen) atoms. The molecule has 0 unspecified atom stereocenters. The number of nitrogens with one attached hydrogen (secondary N) is 2. The highest BCUT2D eigenvalue weighted by Gasteiger charge is 2.07. The van der Waals surface area contributed by atoms with Crippen LogP contribution in [0, 0.1) is 6.92 Å². The molecule has 0 spiro atoms. The van der Waals surface area contributed by atoms with E-state index in [0.29, 0.717) is 24.5 Å². The van der Waals surface area contributed by atoms with Gasteiger partial charge in [-0.05, 0) is 25.1 Å². The number of carbonyl (C=O) groups excluding carboxylic acids is 1. The highest BCUT2D eigenvalue weighted by molar-refractivity contribution is 5.94. The molecular formula is C13H17N5O. The minimum atomic E-state index is -0.103. The second kappa shape index (κ2) is 5.99. The fourth-order valence-corrected chi connectivity index (χ4v) is 1.75. The number of aromatic nitrogens is 3. The largest absolute Gasteiger partial charge is 0.373 e. The maximum atomic E-state index is 12.0. The Morgan fingerprint density at radius 3 is 2.95 bits per heavy atom. The topological polar surface area (TPSA) is 71.8 Å². The van der Waals surface area contributed by atoms with Gasteiger partial charge in [-0.15, -0.1) is 0 Å². The minimum Gasteiger partial charge on any atom is -0.373 e. The fourth-order valence-electron chi connectivity index (χ4n) is 1.75. The first-order valence-electron chi connectivity index (χ1n) is 6.11. The molecule has 6 nitrogen and oxygen atoms in total. The smallest absolute Gasteiger partial charge is 0.251 e. The number of amides is 1. The number of carbonyl (C=O) groups is 1. The number of nitrogens with zero attached hydrogens (tertiary/aromatic N) is 3. The summed E-state index contributed by atoms with van der Waals surface area (Å²) in [7, 11) is 1.78. The third-order valence-corrected chi connectivity index (χ3v) is 2.66. The van der Waals surface area contributed by atoms with Crippen molar-refractivity contribution in [2.45, 2.75) is 13.5 Å². The molecule has 0 bridgehead atoms. The number of anilines is 1.